The molecule has 0 radical (unpaired) electrons. The molecule has 0 aliphatic heterocycles. The lowest BCUT2D eigenvalue weighted by molar-refractivity contribution is 0.342. The first-order chi connectivity index (χ1) is 8.43. The van der Waals surface area contributed by atoms with Crippen LogP contribution in [-0.2, 0) is 6.42 Å². The molecule has 0 saturated carbocycles. The molecule has 0 amide bonds. The number of aryl methyl sites for hydroxylation is 1. The first-order valence-corrected chi connectivity index (χ1v) is 6.73. The molecule has 1 rings (SSSR count). The summed E-state index contributed by atoms with van der Waals surface area (Å²) in [6.07, 6.45) is 12.8. The monoisotopic (exact) mass is 232 g/mol. The van der Waals surface area contributed by atoms with Crippen molar-refractivity contribution in [3.8, 4) is 0 Å². The molecule has 0 heterocycles. The van der Waals surface area contributed by atoms with Gasteiger partial charge in [-0.05, 0) is 31.2 Å². The maximum absolute atomic E-state index is 8.56. The van der Waals surface area contributed by atoms with E-state index < -0.39 is 0 Å². The lowest BCUT2D eigenvalue weighted by atomic mass is 10.0. The van der Waals surface area contributed by atoms with Crippen molar-refractivity contribution in [2.75, 3.05) is 6.61 Å². The van der Waals surface area contributed by atoms with Crippen molar-refractivity contribution in [1.82, 2.24) is 0 Å². The third kappa shape index (κ3) is 7.76. The molecule has 0 spiro atoms. The summed E-state index contributed by atoms with van der Waals surface area (Å²) in [4.78, 5) is 0. The van der Waals surface area contributed by atoms with E-state index in [1.54, 1.807) is 0 Å². The van der Waals surface area contributed by atoms with Crippen molar-refractivity contribution in [2.24, 2.45) is 0 Å². The molecule has 1 aromatic carbocycles. The van der Waals surface area contributed by atoms with Crippen molar-refractivity contribution in [3.05, 3.63) is 48.0 Å². The van der Waals surface area contributed by atoms with Gasteiger partial charge < -0.3 is 5.11 Å². The molecule has 17 heavy (non-hydrogen) atoms. The van der Waals surface area contributed by atoms with Crippen molar-refractivity contribution < 1.29 is 5.11 Å². The predicted molar refractivity (Wildman–Crippen MR) is 74.1 cm³/mol. The molecule has 0 aliphatic rings. The zero-order valence-electron chi connectivity index (χ0n) is 10.6. The second-order valence-corrected chi connectivity index (χ2v) is 4.45. The van der Waals surface area contributed by atoms with Crippen molar-refractivity contribution >= 4 is 0 Å². The molecule has 1 aromatic rings. The highest BCUT2D eigenvalue weighted by Crippen LogP contribution is 2.09. The SMILES string of the molecule is OC/C=C/CCCCCCCc1ccccc1. The molecular formula is C16H24O. The summed E-state index contributed by atoms with van der Waals surface area (Å²) in [7, 11) is 0. The summed E-state index contributed by atoms with van der Waals surface area (Å²) in [5.74, 6) is 0. The minimum atomic E-state index is 0.178. The molecule has 0 saturated heterocycles. The number of aliphatic hydroxyl groups excluding tert-OH is 1. The Bertz CT molecular complexity index is 290. The van der Waals surface area contributed by atoms with E-state index in [2.05, 4.69) is 36.4 Å². The predicted octanol–water partition coefficient (Wildman–Crippen LogP) is 4.12. The van der Waals surface area contributed by atoms with Gasteiger partial charge >= 0.3 is 0 Å². The standard InChI is InChI=1S/C16H24O/c17-15-11-6-4-2-1-3-5-8-12-16-13-9-7-10-14-16/h6-7,9-11,13-14,17H,1-5,8,12,15H2/b11-6+. The van der Waals surface area contributed by atoms with Gasteiger partial charge in [-0.3, -0.25) is 0 Å². The van der Waals surface area contributed by atoms with Crippen molar-refractivity contribution in [3.63, 3.8) is 0 Å². The lowest BCUT2D eigenvalue weighted by Crippen LogP contribution is -1.85. The quantitative estimate of drug-likeness (QED) is 0.501. The van der Waals surface area contributed by atoms with Crippen LogP contribution in [-0.4, -0.2) is 11.7 Å². The molecule has 94 valence electrons. The first kappa shape index (κ1) is 14.0. The fourth-order valence-corrected chi connectivity index (χ4v) is 1.96. The number of rotatable bonds is 9. The van der Waals surface area contributed by atoms with Crippen LogP contribution >= 0.6 is 0 Å². The summed E-state index contributed by atoms with van der Waals surface area (Å²) in [5, 5.41) is 8.56. The van der Waals surface area contributed by atoms with Gasteiger partial charge in [0.1, 0.15) is 0 Å². The molecule has 0 bridgehead atoms. The van der Waals surface area contributed by atoms with E-state index in [0.29, 0.717) is 0 Å². The van der Waals surface area contributed by atoms with Crippen LogP contribution in [0.15, 0.2) is 42.5 Å². The fraction of sp³-hybridized carbons (Fsp3) is 0.500. The van der Waals surface area contributed by atoms with Crippen LogP contribution in [0.2, 0.25) is 0 Å². The molecule has 0 unspecified atom stereocenters. The number of aliphatic hydroxyl groups is 1. The average molecular weight is 232 g/mol. The van der Waals surface area contributed by atoms with Crippen molar-refractivity contribution in [2.45, 2.75) is 44.9 Å². The summed E-state index contributed by atoms with van der Waals surface area (Å²) in [6, 6.07) is 10.7. The van der Waals surface area contributed by atoms with Gasteiger partial charge in [-0.15, -0.1) is 0 Å². The van der Waals surface area contributed by atoms with E-state index in [9.17, 15) is 0 Å². The molecule has 0 aromatic heterocycles. The van der Waals surface area contributed by atoms with Gasteiger partial charge in [-0.25, -0.2) is 0 Å². The van der Waals surface area contributed by atoms with Crippen LogP contribution in [0.5, 0.6) is 0 Å². The highest BCUT2D eigenvalue weighted by atomic mass is 16.2. The van der Waals surface area contributed by atoms with Crippen LogP contribution in [0.4, 0.5) is 0 Å². The summed E-state index contributed by atoms with van der Waals surface area (Å²) in [6.45, 7) is 0.178. The Morgan fingerprint density at radius 3 is 2.29 bits per heavy atom. The second kappa shape index (κ2) is 10.1. The van der Waals surface area contributed by atoms with Crippen molar-refractivity contribution in [1.29, 1.82) is 0 Å². The Morgan fingerprint density at radius 2 is 1.53 bits per heavy atom. The highest BCUT2D eigenvalue weighted by Gasteiger charge is 1.92. The third-order valence-electron chi connectivity index (χ3n) is 2.95. The number of hydrogen-bond donors (Lipinski definition) is 1. The Balaban J connectivity index is 1.90. The minimum absolute atomic E-state index is 0.178. The fourth-order valence-electron chi connectivity index (χ4n) is 1.96. The Hall–Kier alpha value is -1.08. The molecular weight excluding hydrogens is 208 g/mol. The van der Waals surface area contributed by atoms with E-state index >= 15 is 0 Å². The maximum Gasteiger partial charge on any atom is 0.0612 e. The van der Waals surface area contributed by atoms with Gasteiger partial charge in [0.05, 0.1) is 6.61 Å². The number of benzene rings is 1. The van der Waals surface area contributed by atoms with Gasteiger partial charge in [0.15, 0.2) is 0 Å². The number of hydrogen-bond acceptors (Lipinski definition) is 1. The molecule has 0 atom stereocenters. The Morgan fingerprint density at radius 1 is 0.824 bits per heavy atom. The average Bonchev–Trinajstić information content (AvgIpc) is 2.38. The van der Waals surface area contributed by atoms with E-state index in [-0.39, 0.29) is 6.61 Å². The highest BCUT2D eigenvalue weighted by molar-refractivity contribution is 5.14. The minimum Gasteiger partial charge on any atom is -0.392 e. The molecule has 0 fully saturated rings. The van der Waals surface area contributed by atoms with Gasteiger partial charge in [0.2, 0.25) is 0 Å². The van der Waals surface area contributed by atoms with Crippen LogP contribution in [0.3, 0.4) is 0 Å². The van der Waals surface area contributed by atoms with Gasteiger partial charge in [0.25, 0.3) is 0 Å². The van der Waals surface area contributed by atoms with E-state index in [1.165, 1.54) is 44.1 Å². The Labute approximate surface area is 105 Å². The molecule has 0 aliphatic carbocycles. The zero-order chi connectivity index (χ0) is 12.2. The number of unbranched alkanes of at least 4 members (excludes halogenated alkanes) is 5. The third-order valence-corrected chi connectivity index (χ3v) is 2.95. The smallest absolute Gasteiger partial charge is 0.0612 e. The molecule has 1 nitrogen and oxygen atoms in total. The molecule has 1 N–H and O–H groups in total. The Kier molecular flexibility index (Phi) is 8.31. The van der Waals surface area contributed by atoms with Gasteiger partial charge in [-0.2, -0.15) is 0 Å². The van der Waals surface area contributed by atoms with Crippen LogP contribution in [0.25, 0.3) is 0 Å². The maximum atomic E-state index is 8.56. The van der Waals surface area contributed by atoms with E-state index in [4.69, 9.17) is 5.11 Å². The van der Waals surface area contributed by atoms with Gasteiger partial charge in [0, 0.05) is 0 Å². The summed E-state index contributed by atoms with van der Waals surface area (Å²) in [5.41, 5.74) is 1.46. The summed E-state index contributed by atoms with van der Waals surface area (Å²) < 4.78 is 0. The van der Waals surface area contributed by atoms with E-state index in [1.807, 2.05) is 6.08 Å². The second-order valence-electron chi connectivity index (χ2n) is 4.45. The van der Waals surface area contributed by atoms with Crippen LogP contribution in [0.1, 0.15) is 44.1 Å². The number of allylic oxidation sites excluding steroid dienone is 1. The summed E-state index contributed by atoms with van der Waals surface area (Å²) >= 11 is 0. The van der Waals surface area contributed by atoms with Crippen LogP contribution < -0.4 is 0 Å². The topological polar surface area (TPSA) is 20.2 Å². The zero-order valence-corrected chi connectivity index (χ0v) is 10.6. The lowest BCUT2D eigenvalue weighted by Gasteiger charge is -2.01. The largest absolute Gasteiger partial charge is 0.392 e. The van der Waals surface area contributed by atoms with E-state index in [0.717, 1.165) is 6.42 Å². The first-order valence-electron chi connectivity index (χ1n) is 6.73. The van der Waals surface area contributed by atoms with Gasteiger partial charge in [-0.1, -0.05) is 61.7 Å². The van der Waals surface area contributed by atoms with Crippen LogP contribution in [0, 0.1) is 0 Å². The molecule has 1 heteroatoms. The normalized spacial score (nSPS) is 11.1.